The zero-order valence-corrected chi connectivity index (χ0v) is 11.7. The van der Waals surface area contributed by atoms with Gasteiger partial charge in [-0.1, -0.05) is 13.8 Å². The maximum atomic E-state index is 4.21. The van der Waals surface area contributed by atoms with Crippen LogP contribution in [0.3, 0.4) is 0 Å². The molecule has 0 aliphatic carbocycles. The molecular weight excluding hydrogens is 226 g/mol. The van der Waals surface area contributed by atoms with Gasteiger partial charge in [-0.05, 0) is 26.4 Å². The predicted octanol–water partition coefficient (Wildman–Crippen LogP) is 2.05. The van der Waals surface area contributed by atoms with Gasteiger partial charge in [0.2, 0.25) is 0 Å². The molecule has 0 amide bonds. The molecule has 1 rings (SSSR count). The number of nitrogens with one attached hydrogen (secondary N) is 2. The SMILES string of the molecule is CCCN(CC)CCNc1cc(NCC)ncn1. The normalized spacial score (nSPS) is 10.7. The van der Waals surface area contributed by atoms with Crippen molar-refractivity contribution < 1.29 is 0 Å². The van der Waals surface area contributed by atoms with Crippen LogP contribution >= 0.6 is 0 Å². The van der Waals surface area contributed by atoms with Gasteiger partial charge in [0.05, 0.1) is 0 Å². The van der Waals surface area contributed by atoms with E-state index in [-0.39, 0.29) is 0 Å². The molecule has 0 saturated carbocycles. The molecule has 1 aromatic rings. The summed E-state index contributed by atoms with van der Waals surface area (Å²) in [7, 11) is 0. The zero-order valence-electron chi connectivity index (χ0n) is 11.7. The van der Waals surface area contributed by atoms with E-state index in [2.05, 4.69) is 46.3 Å². The molecule has 0 spiro atoms. The first-order valence-electron chi connectivity index (χ1n) is 6.82. The molecule has 0 atom stereocenters. The summed E-state index contributed by atoms with van der Waals surface area (Å²) < 4.78 is 0. The second kappa shape index (κ2) is 8.69. The molecule has 102 valence electrons. The Morgan fingerprint density at radius 1 is 1.06 bits per heavy atom. The van der Waals surface area contributed by atoms with Crippen LogP contribution in [0, 0.1) is 0 Å². The molecule has 0 aliphatic rings. The van der Waals surface area contributed by atoms with Crippen LogP contribution in [0.2, 0.25) is 0 Å². The Bertz CT molecular complexity index is 329. The summed E-state index contributed by atoms with van der Waals surface area (Å²) >= 11 is 0. The molecule has 0 unspecified atom stereocenters. The fourth-order valence-corrected chi connectivity index (χ4v) is 1.82. The van der Waals surface area contributed by atoms with Crippen molar-refractivity contribution in [2.45, 2.75) is 27.2 Å². The van der Waals surface area contributed by atoms with Gasteiger partial charge >= 0.3 is 0 Å². The zero-order chi connectivity index (χ0) is 13.2. The first kappa shape index (κ1) is 14.7. The molecular formula is C13H25N5. The molecule has 0 saturated heterocycles. The van der Waals surface area contributed by atoms with Crippen LogP contribution in [0.5, 0.6) is 0 Å². The van der Waals surface area contributed by atoms with Gasteiger partial charge < -0.3 is 15.5 Å². The van der Waals surface area contributed by atoms with Crippen LogP contribution in [0.4, 0.5) is 11.6 Å². The summed E-state index contributed by atoms with van der Waals surface area (Å²) in [6, 6.07) is 1.94. The highest BCUT2D eigenvalue weighted by atomic mass is 15.1. The highest BCUT2D eigenvalue weighted by Gasteiger charge is 2.01. The van der Waals surface area contributed by atoms with E-state index in [4.69, 9.17) is 0 Å². The maximum absolute atomic E-state index is 4.21. The standard InChI is InChI=1S/C13H25N5/c1-4-8-18(6-3)9-7-15-13-10-12(14-5-2)16-11-17-13/h10-11H,4-9H2,1-3H3,(H2,14,15,16,17). The molecule has 5 nitrogen and oxygen atoms in total. The Morgan fingerprint density at radius 2 is 1.78 bits per heavy atom. The third-order valence-electron chi connectivity index (χ3n) is 2.75. The molecule has 1 aromatic heterocycles. The van der Waals surface area contributed by atoms with Crippen LogP contribution in [0.15, 0.2) is 12.4 Å². The number of rotatable bonds is 9. The van der Waals surface area contributed by atoms with Gasteiger partial charge in [-0.2, -0.15) is 0 Å². The van der Waals surface area contributed by atoms with Crippen molar-refractivity contribution in [3.05, 3.63) is 12.4 Å². The minimum Gasteiger partial charge on any atom is -0.370 e. The molecule has 0 radical (unpaired) electrons. The van der Waals surface area contributed by atoms with Crippen molar-refractivity contribution in [1.82, 2.24) is 14.9 Å². The Balaban J connectivity index is 2.36. The van der Waals surface area contributed by atoms with E-state index in [1.165, 1.54) is 6.42 Å². The first-order chi connectivity index (χ1) is 8.80. The Labute approximate surface area is 110 Å². The summed E-state index contributed by atoms with van der Waals surface area (Å²) in [5, 5.41) is 6.51. The average molecular weight is 251 g/mol. The van der Waals surface area contributed by atoms with E-state index in [1.807, 2.05) is 6.07 Å². The number of hydrogen-bond donors (Lipinski definition) is 2. The largest absolute Gasteiger partial charge is 0.370 e. The molecule has 18 heavy (non-hydrogen) atoms. The molecule has 5 heteroatoms. The lowest BCUT2D eigenvalue weighted by Crippen LogP contribution is -2.29. The van der Waals surface area contributed by atoms with Crippen LogP contribution in [-0.2, 0) is 0 Å². The minimum absolute atomic E-state index is 0.871. The number of anilines is 2. The first-order valence-corrected chi connectivity index (χ1v) is 6.82. The fourth-order valence-electron chi connectivity index (χ4n) is 1.82. The van der Waals surface area contributed by atoms with E-state index in [0.29, 0.717) is 0 Å². The second-order valence-corrected chi connectivity index (χ2v) is 4.18. The van der Waals surface area contributed by atoms with Crippen LogP contribution in [-0.4, -0.2) is 47.6 Å². The van der Waals surface area contributed by atoms with Crippen LogP contribution in [0.25, 0.3) is 0 Å². The van der Waals surface area contributed by atoms with Gasteiger partial charge in [-0.25, -0.2) is 9.97 Å². The van der Waals surface area contributed by atoms with Crippen LogP contribution < -0.4 is 10.6 Å². The lowest BCUT2D eigenvalue weighted by atomic mass is 10.4. The molecule has 0 bridgehead atoms. The Kier molecular flexibility index (Phi) is 7.10. The second-order valence-electron chi connectivity index (χ2n) is 4.18. The lowest BCUT2D eigenvalue weighted by Gasteiger charge is -2.19. The summed E-state index contributed by atoms with van der Waals surface area (Å²) in [6.07, 6.45) is 2.79. The van der Waals surface area contributed by atoms with E-state index >= 15 is 0 Å². The van der Waals surface area contributed by atoms with Crippen molar-refractivity contribution in [3.63, 3.8) is 0 Å². The Hall–Kier alpha value is -1.36. The molecule has 1 heterocycles. The molecule has 0 aromatic carbocycles. The number of nitrogens with zero attached hydrogens (tertiary/aromatic N) is 3. The van der Waals surface area contributed by atoms with Crippen molar-refractivity contribution in [1.29, 1.82) is 0 Å². The van der Waals surface area contributed by atoms with Crippen molar-refractivity contribution in [3.8, 4) is 0 Å². The van der Waals surface area contributed by atoms with Crippen molar-refractivity contribution in [2.75, 3.05) is 43.4 Å². The minimum atomic E-state index is 0.871. The molecule has 0 aliphatic heterocycles. The van der Waals surface area contributed by atoms with Gasteiger partial charge in [0, 0.05) is 25.7 Å². The molecule has 0 fully saturated rings. The van der Waals surface area contributed by atoms with E-state index in [9.17, 15) is 0 Å². The van der Waals surface area contributed by atoms with Gasteiger partial charge in [0.25, 0.3) is 0 Å². The van der Waals surface area contributed by atoms with Gasteiger partial charge in [-0.15, -0.1) is 0 Å². The highest BCUT2D eigenvalue weighted by Crippen LogP contribution is 2.07. The topological polar surface area (TPSA) is 53.1 Å². The monoisotopic (exact) mass is 251 g/mol. The van der Waals surface area contributed by atoms with E-state index in [0.717, 1.165) is 44.4 Å². The summed E-state index contributed by atoms with van der Waals surface area (Å²) in [5.74, 6) is 1.75. The summed E-state index contributed by atoms with van der Waals surface area (Å²) in [4.78, 5) is 10.8. The maximum Gasteiger partial charge on any atom is 0.131 e. The molecule has 2 N–H and O–H groups in total. The van der Waals surface area contributed by atoms with Gasteiger partial charge in [-0.3, -0.25) is 0 Å². The summed E-state index contributed by atoms with van der Waals surface area (Å²) in [6.45, 7) is 11.6. The van der Waals surface area contributed by atoms with Crippen molar-refractivity contribution >= 4 is 11.6 Å². The van der Waals surface area contributed by atoms with Gasteiger partial charge in [0.1, 0.15) is 18.0 Å². The van der Waals surface area contributed by atoms with E-state index < -0.39 is 0 Å². The quantitative estimate of drug-likeness (QED) is 0.703. The average Bonchev–Trinajstić information content (AvgIpc) is 2.38. The third kappa shape index (κ3) is 5.31. The highest BCUT2D eigenvalue weighted by molar-refractivity contribution is 5.46. The summed E-state index contributed by atoms with van der Waals surface area (Å²) in [5.41, 5.74) is 0. The van der Waals surface area contributed by atoms with Crippen molar-refractivity contribution in [2.24, 2.45) is 0 Å². The van der Waals surface area contributed by atoms with Gasteiger partial charge in [0.15, 0.2) is 0 Å². The fraction of sp³-hybridized carbons (Fsp3) is 0.692. The van der Waals surface area contributed by atoms with E-state index in [1.54, 1.807) is 6.33 Å². The Morgan fingerprint density at radius 3 is 2.39 bits per heavy atom. The number of hydrogen-bond acceptors (Lipinski definition) is 5. The predicted molar refractivity (Wildman–Crippen MR) is 77.1 cm³/mol. The number of aromatic nitrogens is 2. The van der Waals surface area contributed by atoms with Crippen LogP contribution in [0.1, 0.15) is 27.2 Å². The smallest absolute Gasteiger partial charge is 0.131 e. The lowest BCUT2D eigenvalue weighted by molar-refractivity contribution is 0.300. The third-order valence-corrected chi connectivity index (χ3v) is 2.75. The number of likely N-dealkylation sites (N-methyl/N-ethyl adjacent to an activating group) is 1.